The van der Waals surface area contributed by atoms with Crippen LogP contribution < -0.4 is 19.9 Å². The molecule has 0 radical (unpaired) electrons. The fourth-order valence-corrected chi connectivity index (χ4v) is 2.02. The van der Waals surface area contributed by atoms with Crippen LogP contribution in [0, 0.1) is 5.92 Å². The molecule has 0 aliphatic carbocycles. The third kappa shape index (κ3) is 3.29. The van der Waals surface area contributed by atoms with E-state index in [4.69, 9.17) is 19.9 Å². The van der Waals surface area contributed by atoms with Gasteiger partial charge >= 0.3 is 0 Å². The summed E-state index contributed by atoms with van der Waals surface area (Å²) in [5.74, 6) is 2.62. The van der Waals surface area contributed by atoms with Gasteiger partial charge in [0.2, 0.25) is 0 Å². The number of hydrogen-bond acceptors (Lipinski definition) is 4. The smallest absolute Gasteiger partial charge is 0.131 e. The third-order valence-corrected chi connectivity index (χ3v) is 2.85. The standard InChI is InChI=1S/C14H23NO3/c1-9(2)6-11(15)14-12(17-4)7-10(16-3)8-13(14)18-5/h7-9,11H,6,15H2,1-5H3/t11-/m0/s1. The van der Waals surface area contributed by atoms with Crippen molar-refractivity contribution >= 4 is 0 Å². The molecule has 0 unspecified atom stereocenters. The lowest BCUT2D eigenvalue weighted by Crippen LogP contribution is -2.15. The summed E-state index contributed by atoms with van der Waals surface area (Å²) >= 11 is 0. The maximum Gasteiger partial charge on any atom is 0.131 e. The van der Waals surface area contributed by atoms with Crippen LogP contribution in [0.25, 0.3) is 0 Å². The molecule has 0 spiro atoms. The van der Waals surface area contributed by atoms with Crippen molar-refractivity contribution in [1.29, 1.82) is 0 Å². The number of hydrogen-bond donors (Lipinski definition) is 1. The highest BCUT2D eigenvalue weighted by molar-refractivity contribution is 5.52. The summed E-state index contributed by atoms with van der Waals surface area (Å²) in [6, 6.07) is 3.55. The van der Waals surface area contributed by atoms with Crippen molar-refractivity contribution in [3.63, 3.8) is 0 Å². The molecule has 1 atom stereocenters. The molecule has 18 heavy (non-hydrogen) atoms. The van der Waals surface area contributed by atoms with Crippen molar-refractivity contribution in [2.45, 2.75) is 26.3 Å². The van der Waals surface area contributed by atoms with E-state index < -0.39 is 0 Å². The van der Waals surface area contributed by atoms with E-state index in [9.17, 15) is 0 Å². The minimum absolute atomic E-state index is 0.110. The van der Waals surface area contributed by atoms with Crippen LogP contribution in [0.4, 0.5) is 0 Å². The van der Waals surface area contributed by atoms with E-state index in [2.05, 4.69) is 13.8 Å². The van der Waals surface area contributed by atoms with Crippen LogP contribution in [-0.4, -0.2) is 21.3 Å². The molecule has 0 fully saturated rings. The van der Waals surface area contributed by atoms with Crippen LogP contribution in [0.2, 0.25) is 0 Å². The monoisotopic (exact) mass is 253 g/mol. The molecule has 102 valence electrons. The quantitative estimate of drug-likeness (QED) is 0.847. The second-order valence-corrected chi connectivity index (χ2v) is 4.68. The minimum atomic E-state index is -0.110. The molecule has 0 saturated heterocycles. The van der Waals surface area contributed by atoms with Crippen LogP contribution in [-0.2, 0) is 0 Å². The maximum atomic E-state index is 6.24. The third-order valence-electron chi connectivity index (χ3n) is 2.85. The fourth-order valence-electron chi connectivity index (χ4n) is 2.02. The number of ether oxygens (including phenoxy) is 3. The highest BCUT2D eigenvalue weighted by atomic mass is 16.5. The Morgan fingerprint density at radius 1 is 1.00 bits per heavy atom. The van der Waals surface area contributed by atoms with Crippen LogP contribution in [0.5, 0.6) is 17.2 Å². The number of methoxy groups -OCH3 is 3. The summed E-state index contributed by atoms with van der Waals surface area (Å²) in [5, 5.41) is 0. The fraction of sp³-hybridized carbons (Fsp3) is 0.571. The average molecular weight is 253 g/mol. The Balaban J connectivity index is 3.21. The lowest BCUT2D eigenvalue weighted by atomic mass is 9.96. The molecule has 0 heterocycles. The van der Waals surface area contributed by atoms with Gasteiger partial charge in [-0.05, 0) is 12.3 Å². The summed E-state index contributed by atoms with van der Waals surface area (Å²) in [6.07, 6.45) is 0.874. The number of rotatable bonds is 6. The van der Waals surface area contributed by atoms with E-state index in [-0.39, 0.29) is 6.04 Å². The molecule has 2 N–H and O–H groups in total. The molecular weight excluding hydrogens is 230 g/mol. The highest BCUT2D eigenvalue weighted by Crippen LogP contribution is 2.39. The number of benzene rings is 1. The van der Waals surface area contributed by atoms with Gasteiger partial charge in [0, 0.05) is 18.2 Å². The second kappa shape index (κ2) is 6.50. The topological polar surface area (TPSA) is 53.7 Å². The van der Waals surface area contributed by atoms with Gasteiger partial charge in [-0.1, -0.05) is 13.8 Å². The lowest BCUT2D eigenvalue weighted by Gasteiger charge is -2.21. The Bertz CT molecular complexity index is 366. The molecule has 4 heteroatoms. The Morgan fingerprint density at radius 2 is 1.50 bits per heavy atom. The first-order valence-electron chi connectivity index (χ1n) is 6.09. The molecule has 0 bridgehead atoms. The molecule has 0 aromatic heterocycles. The van der Waals surface area contributed by atoms with E-state index in [1.54, 1.807) is 21.3 Å². The summed E-state index contributed by atoms with van der Waals surface area (Å²) < 4.78 is 16.0. The molecule has 4 nitrogen and oxygen atoms in total. The first kappa shape index (κ1) is 14.6. The average Bonchev–Trinajstić information content (AvgIpc) is 2.35. The van der Waals surface area contributed by atoms with Crippen molar-refractivity contribution in [2.24, 2.45) is 11.7 Å². The zero-order chi connectivity index (χ0) is 13.7. The Labute approximate surface area is 109 Å². The molecule has 0 saturated carbocycles. The van der Waals surface area contributed by atoms with E-state index in [0.717, 1.165) is 12.0 Å². The van der Waals surface area contributed by atoms with Crippen molar-refractivity contribution in [3.8, 4) is 17.2 Å². The molecule has 0 aliphatic heterocycles. The molecule has 1 aromatic rings. The van der Waals surface area contributed by atoms with Crippen molar-refractivity contribution < 1.29 is 14.2 Å². The van der Waals surface area contributed by atoms with Crippen LogP contribution in [0.1, 0.15) is 31.9 Å². The summed E-state index contributed by atoms with van der Waals surface area (Å²) in [4.78, 5) is 0. The van der Waals surface area contributed by atoms with Gasteiger partial charge in [0.25, 0.3) is 0 Å². The van der Waals surface area contributed by atoms with Crippen LogP contribution >= 0.6 is 0 Å². The van der Waals surface area contributed by atoms with Gasteiger partial charge in [-0.15, -0.1) is 0 Å². The molecule has 1 aromatic carbocycles. The zero-order valence-corrected chi connectivity index (χ0v) is 11.8. The van der Waals surface area contributed by atoms with Gasteiger partial charge in [0.15, 0.2) is 0 Å². The SMILES string of the molecule is COc1cc(OC)c([C@@H](N)CC(C)C)c(OC)c1. The highest BCUT2D eigenvalue weighted by Gasteiger charge is 2.20. The zero-order valence-electron chi connectivity index (χ0n) is 11.8. The molecular formula is C14H23NO3. The minimum Gasteiger partial charge on any atom is -0.496 e. The predicted molar refractivity (Wildman–Crippen MR) is 72.5 cm³/mol. The lowest BCUT2D eigenvalue weighted by molar-refractivity contribution is 0.358. The molecule has 1 rings (SSSR count). The van der Waals surface area contributed by atoms with Gasteiger partial charge in [0.05, 0.1) is 26.9 Å². The predicted octanol–water partition coefficient (Wildman–Crippen LogP) is 2.76. The van der Waals surface area contributed by atoms with E-state index in [1.165, 1.54) is 0 Å². The van der Waals surface area contributed by atoms with E-state index in [1.807, 2.05) is 12.1 Å². The summed E-state index contributed by atoms with van der Waals surface area (Å²) in [5.41, 5.74) is 7.14. The normalized spacial score (nSPS) is 12.4. The Hall–Kier alpha value is -1.42. The Morgan fingerprint density at radius 3 is 1.83 bits per heavy atom. The number of nitrogens with two attached hydrogens (primary N) is 1. The largest absolute Gasteiger partial charge is 0.496 e. The summed E-state index contributed by atoms with van der Waals surface area (Å²) in [6.45, 7) is 4.28. The first-order valence-corrected chi connectivity index (χ1v) is 6.09. The van der Waals surface area contributed by atoms with Gasteiger partial charge in [-0.25, -0.2) is 0 Å². The van der Waals surface area contributed by atoms with Gasteiger partial charge in [-0.3, -0.25) is 0 Å². The van der Waals surface area contributed by atoms with Gasteiger partial charge < -0.3 is 19.9 Å². The van der Waals surface area contributed by atoms with Crippen molar-refractivity contribution in [2.75, 3.05) is 21.3 Å². The second-order valence-electron chi connectivity index (χ2n) is 4.68. The van der Waals surface area contributed by atoms with E-state index >= 15 is 0 Å². The van der Waals surface area contributed by atoms with E-state index in [0.29, 0.717) is 23.2 Å². The van der Waals surface area contributed by atoms with Crippen LogP contribution in [0.3, 0.4) is 0 Å². The van der Waals surface area contributed by atoms with Crippen molar-refractivity contribution in [1.82, 2.24) is 0 Å². The Kier molecular flexibility index (Phi) is 5.28. The van der Waals surface area contributed by atoms with Crippen molar-refractivity contribution in [3.05, 3.63) is 17.7 Å². The maximum absolute atomic E-state index is 6.24. The van der Waals surface area contributed by atoms with Gasteiger partial charge in [-0.2, -0.15) is 0 Å². The first-order chi connectivity index (χ1) is 8.53. The molecule has 0 amide bonds. The van der Waals surface area contributed by atoms with Gasteiger partial charge in [0.1, 0.15) is 17.2 Å². The van der Waals surface area contributed by atoms with Crippen LogP contribution in [0.15, 0.2) is 12.1 Å². The molecule has 0 aliphatic rings. The summed E-state index contributed by atoms with van der Waals surface area (Å²) in [7, 11) is 4.86.